The molecule has 126 valence electrons. The van der Waals surface area contributed by atoms with Crippen LogP contribution in [0.2, 0.25) is 10.0 Å². The summed E-state index contributed by atoms with van der Waals surface area (Å²) in [7, 11) is -2.70. The Labute approximate surface area is 149 Å². The van der Waals surface area contributed by atoms with E-state index in [9.17, 15) is 13.2 Å². The summed E-state index contributed by atoms with van der Waals surface area (Å²) >= 11 is 11.7. The van der Waals surface area contributed by atoms with Gasteiger partial charge in [0.2, 0.25) is 10.0 Å². The first-order valence-electron chi connectivity index (χ1n) is 6.60. The number of primary sulfonamides is 1. The second-order valence-electron chi connectivity index (χ2n) is 4.78. The fraction of sp³-hybridized carbons (Fsp3) is 0.0625. The number of ether oxygens (including phenoxy) is 1. The molecule has 24 heavy (non-hydrogen) atoms. The molecule has 0 spiro atoms. The van der Waals surface area contributed by atoms with Crippen LogP contribution in [0.15, 0.2) is 47.4 Å². The monoisotopic (exact) mass is 385 g/mol. The largest absolute Gasteiger partial charge is 0.495 e. The van der Waals surface area contributed by atoms with Gasteiger partial charge in [0.05, 0.1) is 17.2 Å². The second-order valence-corrected chi connectivity index (χ2v) is 7.13. The molecule has 0 saturated carbocycles. The number of benzene rings is 2. The molecule has 2 aromatic carbocycles. The molecule has 0 aromatic heterocycles. The first kappa shape index (κ1) is 18.5. The summed E-state index contributed by atoms with van der Waals surface area (Å²) < 4.78 is 28.1. The molecule has 0 fully saturated rings. The van der Waals surface area contributed by atoms with Crippen LogP contribution in [-0.2, 0) is 10.0 Å². The normalized spacial score (nSPS) is 11.7. The molecule has 0 radical (unpaired) electrons. The van der Waals surface area contributed by atoms with Crippen molar-refractivity contribution in [2.45, 2.75) is 4.90 Å². The molecule has 0 bridgehead atoms. The van der Waals surface area contributed by atoms with Gasteiger partial charge in [-0.25, -0.2) is 13.6 Å². The van der Waals surface area contributed by atoms with Crippen LogP contribution >= 0.6 is 23.2 Å². The van der Waals surface area contributed by atoms with Crippen LogP contribution in [0.25, 0.3) is 6.08 Å². The van der Waals surface area contributed by atoms with Gasteiger partial charge in [0.25, 0.3) is 0 Å². The summed E-state index contributed by atoms with van der Waals surface area (Å²) in [4.78, 5) is 12.0. The molecule has 2 rings (SSSR count). The highest BCUT2D eigenvalue weighted by molar-refractivity contribution is 7.89. The molecule has 2 N–H and O–H groups in total. The maximum atomic E-state index is 12.2. The van der Waals surface area contributed by atoms with Crippen molar-refractivity contribution in [1.29, 1.82) is 0 Å². The Bertz CT molecular complexity index is 924. The standard InChI is InChI=1S/C16H13Cl2NO4S/c1-23-15-7-4-11(9-16(15)24(19,21)22)14(20)6-3-10-2-5-12(17)13(18)8-10/h2-9H,1H3,(H2,19,21,22)/b6-3+. The molecule has 0 saturated heterocycles. The number of carbonyl (C=O) groups excluding carboxylic acids is 1. The lowest BCUT2D eigenvalue weighted by molar-refractivity contribution is 0.104. The number of nitrogens with two attached hydrogens (primary N) is 1. The van der Waals surface area contributed by atoms with Gasteiger partial charge in [-0.1, -0.05) is 35.3 Å². The van der Waals surface area contributed by atoms with E-state index in [4.69, 9.17) is 33.1 Å². The van der Waals surface area contributed by atoms with E-state index in [1.54, 1.807) is 24.3 Å². The predicted molar refractivity (Wildman–Crippen MR) is 94.2 cm³/mol. The van der Waals surface area contributed by atoms with E-state index in [2.05, 4.69) is 0 Å². The second kappa shape index (κ2) is 7.36. The van der Waals surface area contributed by atoms with E-state index in [1.807, 2.05) is 0 Å². The number of carbonyl (C=O) groups is 1. The van der Waals surface area contributed by atoms with Crippen molar-refractivity contribution < 1.29 is 17.9 Å². The van der Waals surface area contributed by atoms with Crippen LogP contribution in [0.4, 0.5) is 0 Å². The number of sulfonamides is 1. The molecule has 0 heterocycles. The predicted octanol–water partition coefficient (Wildman–Crippen LogP) is 3.55. The lowest BCUT2D eigenvalue weighted by Crippen LogP contribution is -2.14. The molecular formula is C16H13Cl2NO4S. The van der Waals surface area contributed by atoms with Crippen LogP contribution in [-0.4, -0.2) is 21.3 Å². The smallest absolute Gasteiger partial charge is 0.241 e. The zero-order chi connectivity index (χ0) is 17.9. The molecule has 0 amide bonds. The molecule has 2 aromatic rings. The van der Waals surface area contributed by atoms with Crippen LogP contribution in [0.3, 0.4) is 0 Å². The first-order chi connectivity index (χ1) is 11.2. The lowest BCUT2D eigenvalue weighted by atomic mass is 10.1. The fourth-order valence-electron chi connectivity index (χ4n) is 1.94. The quantitative estimate of drug-likeness (QED) is 0.629. The van der Waals surface area contributed by atoms with Gasteiger partial charge >= 0.3 is 0 Å². The summed E-state index contributed by atoms with van der Waals surface area (Å²) in [5.41, 5.74) is 0.842. The highest BCUT2D eigenvalue weighted by Crippen LogP contribution is 2.25. The van der Waals surface area contributed by atoms with Crippen molar-refractivity contribution in [3.63, 3.8) is 0 Å². The Morgan fingerprint density at radius 1 is 1.12 bits per heavy atom. The fourth-order valence-corrected chi connectivity index (χ4v) is 2.97. The summed E-state index contributed by atoms with van der Waals surface area (Å²) in [5, 5.41) is 5.91. The SMILES string of the molecule is COc1ccc(C(=O)/C=C/c2ccc(Cl)c(Cl)c2)cc1S(N)(=O)=O. The molecular weight excluding hydrogens is 373 g/mol. The van der Waals surface area contributed by atoms with Gasteiger partial charge in [0, 0.05) is 5.56 Å². The zero-order valence-corrected chi connectivity index (χ0v) is 14.8. The highest BCUT2D eigenvalue weighted by atomic mass is 35.5. The van der Waals surface area contributed by atoms with E-state index in [-0.39, 0.29) is 16.2 Å². The van der Waals surface area contributed by atoms with Crippen molar-refractivity contribution in [3.05, 3.63) is 63.6 Å². The number of rotatable bonds is 5. The molecule has 0 atom stereocenters. The summed E-state index contributed by atoms with van der Waals surface area (Å²) in [6, 6.07) is 8.92. The Kier molecular flexibility index (Phi) is 5.66. The van der Waals surface area contributed by atoms with Crippen molar-refractivity contribution in [1.82, 2.24) is 0 Å². The number of hydrogen-bond donors (Lipinski definition) is 1. The number of hydrogen-bond acceptors (Lipinski definition) is 4. The van der Waals surface area contributed by atoms with E-state index >= 15 is 0 Å². The Morgan fingerprint density at radius 3 is 2.42 bits per heavy atom. The summed E-state index contributed by atoms with van der Waals surface area (Å²) in [5.74, 6) is -0.323. The van der Waals surface area contributed by atoms with Gasteiger partial charge < -0.3 is 4.74 Å². The van der Waals surface area contributed by atoms with Crippen LogP contribution in [0.5, 0.6) is 5.75 Å². The van der Waals surface area contributed by atoms with E-state index in [0.717, 1.165) is 0 Å². The molecule has 0 aliphatic carbocycles. The van der Waals surface area contributed by atoms with Crippen molar-refractivity contribution >= 4 is 45.1 Å². The van der Waals surface area contributed by atoms with Gasteiger partial charge in [0.1, 0.15) is 10.6 Å². The number of allylic oxidation sites excluding steroid dienone is 1. The third-order valence-electron chi connectivity index (χ3n) is 3.13. The molecule has 0 aliphatic heterocycles. The maximum Gasteiger partial charge on any atom is 0.241 e. The van der Waals surface area contributed by atoms with Crippen molar-refractivity contribution in [2.24, 2.45) is 5.14 Å². The number of halogens is 2. The van der Waals surface area contributed by atoms with Gasteiger partial charge in [-0.2, -0.15) is 0 Å². The Balaban J connectivity index is 2.33. The third-order valence-corrected chi connectivity index (χ3v) is 4.80. The topological polar surface area (TPSA) is 86.5 Å². The van der Waals surface area contributed by atoms with Gasteiger partial charge in [0.15, 0.2) is 5.78 Å². The zero-order valence-electron chi connectivity index (χ0n) is 12.5. The minimum Gasteiger partial charge on any atom is -0.495 e. The molecule has 0 aliphatic rings. The molecule has 8 heteroatoms. The molecule has 0 unspecified atom stereocenters. The summed E-state index contributed by atoms with van der Waals surface area (Å²) in [6.07, 6.45) is 2.85. The minimum atomic E-state index is -4.01. The van der Waals surface area contributed by atoms with Gasteiger partial charge in [-0.15, -0.1) is 0 Å². The maximum absolute atomic E-state index is 12.2. The van der Waals surface area contributed by atoms with Gasteiger partial charge in [-0.05, 0) is 42.0 Å². The summed E-state index contributed by atoms with van der Waals surface area (Å²) in [6.45, 7) is 0. The first-order valence-corrected chi connectivity index (χ1v) is 8.91. The Hall–Kier alpha value is -1.86. The number of methoxy groups -OCH3 is 1. The highest BCUT2D eigenvalue weighted by Gasteiger charge is 2.17. The van der Waals surface area contributed by atoms with Crippen molar-refractivity contribution in [3.8, 4) is 5.75 Å². The van der Waals surface area contributed by atoms with E-state index < -0.39 is 15.8 Å². The van der Waals surface area contributed by atoms with Crippen LogP contribution < -0.4 is 9.88 Å². The Morgan fingerprint density at radius 2 is 1.83 bits per heavy atom. The number of ketones is 1. The van der Waals surface area contributed by atoms with Crippen LogP contribution in [0, 0.1) is 0 Å². The average molecular weight is 386 g/mol. The third kappa shape index (κ3) is 4.36. The van der Waals surface area contributed by atoms with E-state index in [1.165, 1.54) is 31.4 Å². The van der Waals surface area contributed by atoms with Crippen molar-refractivity contribution in [2.75, 3.05) is 7.11 Å². The van der Waals surface area contributed by atoms with Gasteiger partial charge in [-0.3, -0.25) is 4.79 Å². The van der Waals surface area contributed by atoms with Crippen LogP contribution in [0.1, 0.15) is 15.9 Å². The molecule has 5 nitrogen and oxygen atoms in total. The van der Waals surface area contributed by atoms with E-state index in [0.29, 0.717) is 15.6 Å². The average Bonchev–Trinajstić information content (AvgIpc) is 2.54. The minimum absolute atomic E-state index is 0.0718. The lowest BCUT2D eigenvalue weighted by Gasteiger charge is -2.07.